The van der Waals surface area contributed by atoms with Gasteiger partial charge in [0.05, 0.1) is 11.9 Å². The van der Waals surface area contributed by atoms with E-state index in [0.717, 1.165) is 12.2 Å². The minimum Gasteiger partial charge on any atom is -0.478 e. The zero-order chi connectivity index (χ0) is 13.9. The van der Waals surface area contributed by atoms with Crippen LogP contribution in [0.15, 0.2) is 6.20 Å². The van der Waals surface area contributed by atoms with Gasteiger partial charge in [-0.2, -0.15) is 5.10 Å². The van der Waals surface area contributed by atoms with E-state index in [1.807, 2.05) is 0 Å². The third kappa shape index (κ3) is 3.35. The molecule has 0 saturated heterocycles. The first-order chi connectivity index (χ1) is 9.02. The largest absolute Gasteiger partial charge is 0.478 e. The van der Waals surface area contributed by atoms with Crippen LogP contribution in [0, 0.1) is 5.41 Å². The van der Waals surface area contributed by atoms with Crippen molar-refractivity contribution in [1.29, 1.82) is 0 Å². The predicted octanol–water partition coefficient (Wildman–Crippen LogP) is 2.18. The van der Waals surface area contributed by atoms with Crippen LogP contribution in [0.5, 0.6) is 0 Å². The number of nitrogens with one attached hydrogen (secondary N) is 1. The molecular formula is C14H23N3O2. The van der Waals surface area contributed by atoms with Crippen molar-refractivity contribution in [1.82, 2.24) is 15.1 Å². The second kappa shape index (κ2) is 5.74. The van der Waals surface area contributed by atoms with Crippen molar-refractivity contribution in [3.05, 3.63) is 17.5 Å². The summed E-state index contributed by atoms with van der Waals surface area (Å²) >= 11 is 0. The normalized spacial score (nSPS) is 18.4. The summed E-state index contributed by atoms with van der Waals surface area (Å²) in [5.74, 6) is -0.909. The molecule has 0 aromatic carbocycles. The molecule has 0 unspecified atom stereocenters. The van der Waals surface area contributed by atoms with Gasteiger partial charge in [0.25, 0.3) is 0 Å². The minimum absolute atomic E-state index is 0.295. The van der Waals surface area contributed by atoms with Crippen molar-refractivity contribution in [3.63, 3.8) is 0 Å². The molecule has 0 amide bonds. The van der Waals surface area contributed by atoms with Crippen LogP contribution in [-0.2, 0) is 13.6 Å². The maximum atomic E-state index is 11.1. The first-order valence-electron chi connectivity index (χ1n) is 6.97. The first kappa shape index (κ1) is 14.1. The van der Waals surface area contributed by atoms with E-state index in [9.17, 15) is 4.79 Å². The van der Waals surface area contributed by atoms with Crippen molar-refractivity contribution >= 4 is 5.97 Å². The highest BCUT2D eigenvalue weighted by Gasteiger charge is 2.26. The summed E-state index contributed by atoms with van der Waals surface area (Å²) < 4.78 is 1.64. The summed E-state index contributed by atoms with van der Waals surface area (Å²) in [5, 5.41) is 16.5. The summed E-state index contributed by atoms with van der Waals surface area (Å²) in [6.45, 7) is 3.82. The molecule has 1 heterocycles. The van der Waals surface area contributed by atoms with Crippen LogP contribution in [0.3, 0.4) is 0 Å². The molecule has 19 heavy (non-hydrogen) atoms. The van der Waals surface area contributed by atoms with Gasteiger partial charge in [-0.05, 0) is 18.3 Å². The summed E-state index contributed by atoms with van der Waals surface area (Å²) in [6.07, 6.45) is 7.91. The molecular weight excluding hydrogens is 242 g/mol. The van der Waals surface area contributed by atoms with Gasteiger partial charge in [-0.25, -0.2) is 4.79 Å². The Morgan fingerprint density at radius 2 is 2.16 bits per heavy atom. The van der Waals surface area contributed by atoms with Gasteiger partial charge in [0.1, 0.15) is 5.56 Å². The zero-order valence-electron chi connectivity index (χ0n) is 11.8. The maximum Gasteiger partial charge on any atom is 0.339 e. The molecule has 5 heteroatoms. The number of carboxylic acid groups (broad SMARTS) is 1. The molecule has 0 aliphatic heterocycles. The quantitative estimate of drug-likeness (QED) is 0.856. The van der Waals surface area contributed by atoms with Gasteiger partial charge in [-0.15, -0.1) is 0 Å². The Morgan fingerprint density at radius 1 is 1.47 bits per heavy atom. The Balaban J connectivity index is 1.92. The molecule has 5 nitrogen and oxygen atoms in total. The number of nitrogens with zero attached hydrogens (tertiary/aromatic N) is 2. The standard InChI is InChI=1S/C14H23N3O2/c1-14(6-4-3-5-7-14)10-15-9-12-11(13(18)19)8-16-17(12)2/h8,15H,3-7,9-10H2,1-2H3,(H,18,19). The van der Waals surface area contributed by atoms with E-state index in [4.69, 9.17) is 5.11 Å². The van der Waals surface area contributed by atoms with E-state index >= 15 is 0 Å². The zero-order valence-corrected chi connectivity index (χ0v) is 11.8. The van der Waals surface area contributed by atoms with Crippen LogP contribution in [0.25, 0.3) is 0 Å². The highest BCUT2D eigenvalue weighted by Crippen LogP contribution is 2.34. The highest BCUT2D eigenvalue weighted by atomic mass is 16.4. The van der Waals surface area contributed by atoms with E-state index in [0.29, 0.717) is 17.5 Å². The van der Waals surface area contributed by atoms with Gasteiger partial charge < -0.3 is 10.4 Å². The van der Waals surface area contributed by atoms with Gasteiger partial charge in [0, 0.05) is 20.1 Å². The predicted molar refractivity (Wildman–Crippen MR) is 73.1 cm³/mol. The number of hydrogen-bond acceptors (Lipinski definition) is 3. The number of aromatic carboxylic acids is 1. The lowest BCUT2D eigenvalue weighted by Crippen LogP contribution is -2.34. The van der Waals surface area contributed by atoms with Crippen molar-refractivity contribution in [2.24, 2.45) is 12.5 Å². The molecule has 0 bridgehead atoms. The fraction of sp³-hybridized carbons (Fsp3) is 0.714. The number of aromatic nitrogens is 2. The summed E-state index contributed by atoms with van der Waals surface area (Å²) in [7, 11) is 1.78. The minimum atomic E-state index is -0.909. The Bertz CT molecular complexity index is 448. The molecule has 1 aromatic rings. The lowest BCUT2D eigenvalue weighted by Gasteiger charge is -2.33. The molecule has 1 saturated carbocycles. The number of rotatable bonds is 5. The highest BCUT2D eigenvalue weighted by molar-refractivity contribution is 5.88. The molecule has 1 aromatic heterocycles. The van der Waals surface area contributed by atoms with Gasteiger partial charge in [0.2, 0.25) is 0 Å². The monoisotopic (exact) mass is 265 g/mol. The summed E-state index contributed by atoms with van der Waals surface area (Å²) in [5.41, 5.74) is 1.40. The van der Waals surface area contributed by atoms with Crippen molar-refractivity contribution in [2.75, 3.05) is 6.54 Å². The van der Waals surface area contributed by atoms with Crippen LogP contribution in [0.1, 0.15) is 55.1 Å². The van der Waals surface area contributed by atoms with Crippen LogP contribution in [0.2, 0.25) is 0 Å². The van der Waals surface area contributed by atoms with E-state index in [1.54, 1.807) is 11.7 Å². The molecule has 0 spiro atoms. The lowest BCUT2D eigenvalue weighted by atomic mass is 9.76. The van der Waals surface area contributed by atoms with E-state index in [-0.39, 0.29) is 0 Å². The third-order valence-electron chi connectivity index (χ3n) is 4.20. The molecule has 1 aliphatic carbocycles. The summed E-state index contributed by atoms with van der Waals surface area (Å²) in [4.78, 5) is 11.1. The van der Waals surface area contributed by atoms with E-state index < -0.39 is 5.97 Å². The van der Waals surface area contributed by atoms with Crippen molar-refractivity contribution in [3.8, 4) is 0 Å². The molecule has 0 atom stereocenters. The molecule has 2 N–H and O–H groups in total. The Kier molecular flexibility index (Phi) is 4.24. The van der Waals surface area contributed by atoms with E-state index in [1.165, 1.54) is 38.3 Å². The van der Waals surface area contributed by atoms with Gasteiger partial charge in [0.15, 0.2) is 0 Å². The summed E-state index contributed by atoms with van der Waals surface area (Å²) in [6, 6.07) is 0. The smallest absolute Gasteiger partial charge is 0.339 e. The number of carboxylic acids is 1. The molecule has 2 rings (SSSR count). The Morgan fingerprint density at radius 3 is 2.79 bits per heavy atom. The van der Waals surface area contributed by atoms with Crippen LogP contribution < -0.4 is 5.32 Å². The maximum absolute atomic E-state index is 11.1. The Labute approximate surface area is 114 Å². The van der Waals surface area contributed by atoms with Gasteiger partial charge >= 0.3 is 5.97 Å². The van der Waals surface area contributed by atoms with Crippen molar-refractivity contribution < 1.29 is 9.90 Å². The second-order valence-corrected chi connectivity index (χ2v) is 5.91. The SMILES string of the molecule is Cn1ncc(C(=O)O)c1CNCC1(C)CCCCC1. The number of hydrogen-bond donors (Lipinski definition) is 2. The van der Waals surface area contributed by atoms with Gasteiger partial charge in [-0.1, -0.05) is 26.2 Å². The molecule has 0 radical (unpaired) electrons. The number of carbonyl (C=O) groups is 1. The first-order valence-corrected chi connectivity index (χ1v) is 6.97. The molecule has 1 aliphatic rings. The van der Waals surface area contributed by atoms with Crippen molar-refractivity contribution in [2.45, 2.75) is 45.6 Å². The topological polar surface area (TPSA) is 67.2 Å². The molecule has 106 valence electrons. The Hall–Kier alpha value is -1.36. The van der Waals surface area contributed by atoms with E-state index in [2.05, 4.69) is 17.3 Å². The fourth-order valence-electron chi connectivity index (χ4n) is 2.92. The van der Waals surface area contributed by atoms with Gasteiger partial charge in [-0.3, -0.25) is 4.68 Å². The average molecular weight is 265 g/mol. The van der Waals surface area contributed by atoms with Crippen LogP contribution >= 0.6 is 0 Å². The molecule has 1 fully saturated rings. The van der Waals surface area contributed by atoms with Crippen LogP contribution in [-0.4, -0.2) is 27.4 Å². The fourth-order valence-corrected chi connectivity index (χ4v) is 2.92. The lowest BCUT2D eigenvalue weighted by molar-refractivity contribution is 0.0695. The van der Waals surface area contributed by atoms with Crippen LogP contribution in [0.4, 0.5) is 0 Å². The average Bonchev–Trinajstić information content (AvgIpc) is 2.72. The number of aryl methyl sites for hydroxylation is 1. The third-order valence-corrected chi connectivity index (χ3v) is 4.20. The second-order valence-electron chi connectivity index (χ2n) is 5.91.